The van der Waals surface area contributed by atoms with Gasteiger partial charge >= 0.3 is 31.7 Å². The van der Waals surface area contributed by atoms with Crippen molar-refractivity contribution in [2.45, 2.75) is 6.92 Å². The molecule has 0 saturated heterocycles. The molecule has 0 spiro atoms. The summed E-state index contributed by atoms with van der Waals surface area (Å²) in [5.74, 6) is 0. The maximum Gasteiger partial charge on any atom is 2.00 e. The molecule has 0 radical (unpaired) electrons. The van der Waals surface area contributed by atoms with Crippen molar-refractivity contribution >= 4 is 31.7 Å². The standard InChI is InChI=1S/C2H7O3P.Mg.2H/c1-2-5-6(3)4;;;/h3-4H,2H2,1H3;;;/q;+2;2*-1. The monoisotopic (exact) mass is 136 g/mol. The van der Waals surface area contributed by atoms with E-state index in [9.17, 15) is 0 Å². The molecule has 0 aliphatic rings. The van der Waals surface area contributed by atoms with E-state index in [0.29, 0.717) is 6.61 Å². The van der Waals surface area contributed by atoms with Crippen molar-refractivity contribution in [3.8, 4) is 0 Å². The van der Waals surface area contributed by atoms with E-state index in [-0.39, 0.29) is 25.9 Å². The average Bonchev–Trinajstić information content (AvgIpc) is 1.35. The largest absolute Gasteiger partial charge is 2.00 e. The molecule has 7 heavy (non-hydrogen) atoms. The van der Waals surface area contributed by atoms with Crippen molar-refractivity contribution in [2.75, 3.05) is 6.61 Å². The molecule has 0 bridgehead atoms. The fourth-order valence-corrected chi connectivity index (χ4v) is 0.346. The minimum atomic E-state index is -2.10. The average molecular weight is 136 g/mol. The van der Waals surface area contributed by atoms with E-state index < -0.39 is 8.60 Å². The van der Waals surface area contributed by atoms with E-state index in [1.165, 1.54) is 0 Å². The Hall–Kier alpha value is 1.08. The van der Waals surface area contributed by atoms with Gasteiger partial charge in [-0.1, -0.05) is 0 Å². The zero-order valence-corrected chi connectivity index (χ0v) is 6.47. The van der Waals surface area contributed by atoms with Crippen LogP contribution in [-0.4, -0.2) is 39.4 Å². The first-order valence-corrected chi connectivity index (χ1v) is 2.74. The molecule has 0 aromatic rings. The van der Waals surface area contributed by atoms with Crippen LogP contribution in [0.25, 0.3) is 0 Å². The van der Waals surface area contributed by atoms with Gasteiger partial charge in [0.1, 0.15) is 0 Å². The molecule has 0 fully saturated rings. The molecule has 5 heteroatoms. The number of hydrogen-bond donors (Lipinski definition) is 2. The molecule has 0 aliphatic carbocycles. The van der Waals surface area contributed by atoms with Crippen molar-refractivity contribution in [1.82, 2.24) is 0 Å². The zero-order valence-electron chi connectivity index (χ0n) is 6.16. The summed E-state index contributed by atoms with van der Waals surface area (Å²) in [5.41, 5.74) is 0. The van der Waals surface area contributed by atoms with Crippen LogP contribution in [0.1, 0.15) is 9.78 Å². The van der Waals surface area contributed by atoms with Crippen molar-refractivity contribution in [3.63, 3.8) is 0 Å². The molecule has 0 aromatic heterocycles. The Morgan fingerprint density at radius 2 is 2.14 bits per heavy atom. The normalized spacial score (nSPS) is 8.57. The van der Waals surface area contributed by atoms with Crippen LogP contribution in [0.2, 0.25) is 0 Å². The van der Waals surface area contributed by atoms with Crippen LogP contribution in [0.4, 0.5) is 0 Å². The van der Waals surface area contributed by atoms with Gasteiger partial charge in [-0.3, -0.25) is 0 Å². The van der Waals surface area contributed by atoms with Gasteiger partial charge in [0.15, 0.2) is 0 Å². The molecule has 3 nitrogen and oxygen atoms in total. The molecular formula is C2H9MgO3P. The van der Waals surface area contributed by atoms with Crippen molar-refractivity contribution in [1.29, 1.82) is 0 Å². The van der Waals surface area contributed by atoms with E-state index in [1.807, 2.05) is 0 Å². The Bertz CT molecular complexity index is 41.0. The molecule has 0 rings (SSSR count). The van der Waals surface area contributed by atoms with Gasteiger partial charge in [0.05, 0.1) is 6.61 Å². The van der Waals surface area contributed by atoms with Gasteiger partial charge in [0.2, 0.25) is 0 Å². The van der Waals surface area contributed by atoms with Crippen molar-refractivity contribution < 1.29 is 17.2 Å². The van der Waals surface area contributed by atoms with Gasteiger partial charge < -0.3 is 17.2 Å². The Morgan fingerprint density at radius 3 is 2.14 bits per heavy atom. The van der Waals surface area contributed by atoms with E-state index in [2.05, 4.69) is 4.52 Å². The van der Waals surface area contributed by atoms with E-state index in [1.54, 1.807) is 6.92 Å². The summed E-state index contributed by atoms with van der Waals surface area (Å²) in [4.78, 5) is 15.9. The first kappa shape index (κ1) is 11.0. The SMILES string of the molecule is CCOP(O)O.[H-].[H-].[Mg+2]. The topological polar surface area (TPSA) is 49.7 Å². The first-order chi connectivity index (χ1) is 2.77. The summed E-state index contributed by atoms with van der Waals surface area (Å²) in [7, 11) is -2.10. The quantitative estimate of drug-likeness (QED) is 0.417. The molecule has 0 atom stereocenters. The number of hydrogen-bond acceptors (Lipinski definition) is 3. The van der Waals surface area contributed by atoms with Crippen molar-refractivity contribution in [3.05, 3.63) is 0 Å². The molecule has 0 heterocycles. The Morgan fingerprint density at radius 1 is 1.71 bits per heavy atom. The molecular weight excluding hydrogens is 127 g/mol. The van der Waals surface area contributed by atoms with Crippen LogP contribution < -0.4 is 0 Å². The second-order valence-corrected chi connectivity index (χ2v) is 1.43. The summed E-state index contributed by atoms with van der Waals surface area (Å²) in [5, 5.41) is 0. The summed E-state index contributed by atoms with van der Waals surface area (Å²) in [6, 6.07) is 0. The van der Waals surface area contributed by atoms with E-state index >= 15 is 0 Å². The van der Waals surface area contributed by atoms with Crippen LogP contribution in [0.5, 0.6) is 0 Å². The van der Waals surface area contributed by atoms with Gasteiger partial charge in [-0.05, 0) is 6.92 Å². The Kier molecular flexibility index (Phi) is 11.1. The van der Waals surface area contributed by atoms with Crippen molar-refractivity contribution in [2.24, 2.45) is 0 Å². The fraction of sp³-hybridized carbons (Fsp3) is 1.00. The van der Waals surface area contributed by atoms with Gasteiger partial charge in [-0.15, -0.1) is 0 Å². The van der Waals surface area contributed by atoms with E-state index in [0.717, 1.165) is 0 Å². The molecule has 0 aromatic carbocycles. The summed E-state index contributed by atoms with van der Waals surface area (Å²) >= 11 is 0. The van der Waals surface area contributed by atoms with Gasteiger partial charge in [0.25, 0.3) is 0 Å². The summed E-state index contributed by atoms with van der Waals surface area (Å²) < 4.78 is 4.22. The third-order valence-corrected chi connectivity index (χ3v) is 0.734. The summed E-state index contributed by atoms with van der Waals surface area (Å²) in [6.07, 6.45) is 0. The Balaban J connectivity index is -0.0000000417. The predicted octanol–water partition coefficient (Wildman–Crippen LogP) is 0.0786. The second-order valence-electron chi connectivity index (χ2n) is 0.671. The van der Waals surface area contributed by atoms with Gasteiger partial charge in [-0.25, -0.2) is 0 Å². The molecule has 0 aliphatic heterocycles. The third-order valence-electron chi connectivity index (χ3n) is 0.245. The first-order valence-electron chi connectivity index (χ1n) is 1.58. The molecule has 0 unspecified atom stereocenters. The smallest absolute Gasteiger partial charge is 1.00 e. The minimum Gasteiger partial charge on any atom is -1.00 e. The van der Waals surface area contributed by atoms with Crippen LogP contribution in [0, 0.1) is 0 Å². The Labute approximate surface area is 62.8 Å². The second kappa shape index (κ2) is 7.08. The molecule has 0 amide bonds. The minimum absolute atomic E-state index is 0. The fourth-order valence-electron chi connectivity index (χ4n) is 0.115. The molecule has 0 saturated carbocycles. The molecule has 42 valence electrons. The van der Waals surface area contributed by atoms with Crippen LogP contribution in [0.3, 0.4) is 0 Å². The maximum absolute atomic E-state index is 7.95. The maximum atomic E-state index is 7.95. The van der Waals surface area contributed by atoms with Crippen LogP contribution in [-0.2, 0) is 4.52 Å². The van der Waals surface area contributed by atoms with Crippen LogP contribution in [0.15, 0.2) is 0 Å². The predicted molar refractivity (Wildman–Crippen MR) is 31.0 cm³/mol. The van der Waals surface area contributed by atoms with Crippen LogP contribution >= 0.6 is 8.60 Å². The van der Waals surface area contributed by atoms with Gasteiger partial charge in [-0.2, -0.15) is 0 Å². The third kappa shape index (κ3) is 11.0. The van der Waals surface area contributed by atoms with E-state index in [4.69, 9.17) is 9.79 Å². The molecule has 2 N–H and O–H groups in total. The van der Waals surface area contributed by atoms with Gasteiger partial charge in [0, 0.05) is 0 Å². The summed E-state index contributed by atoms with van der Waals surface area (Å²) in [6.45, 7) is 2.06. The zero-order chi connectivity index (χ0) is 4.99. The number of rotatable bonds is 2.